The van der Waals surface area contributed by atoms with Gasteiger partial charge in [0.05, 0.1) is 18.2 Å². The fraction of sp³-hybridized carbons (Fsp3) is 0.200. The number of benzene rings is 4. The van der Waals surface area contributed by atoms with Crippen LogP contribution in [0.15, 0.2) is 76.9 Å². The molecule has 3 heteroatoms. The molecule has 0 spiro atoms. The third-order valence-corrected chi connectivity index (χ3v) is 6.94. The summed E-state index contributed by atoms with van der Waals surface area (Å²) in [4.78, 5) is 8.64. The fourth-order valence-corrected chi connectivity index (χ4v) is 5.32. The van der Waals surface area contributed by atoms with E-state index in [2.05, 4.69) is 70.7 Å². The minimum absolute atomic E-state index is 0.952. The molecular formula is C30H26N2O. The van der Waals surface area contributed by atoms with Crippen LogP contribution in [0.2, 0.25) is 0 Å². The van der Waals surface area contributed by atoms with Gasteiger partial charge in [0.15, 0.2) is 0 Å². The number of allylic oxidation sites excluding steroid dienone is 1. The number of hydrogen-bond donors (Lipinski definition) is 0. The molecule has 0 bridgehead atoms. The first-order chi connectivity index (χ1) is 16.3. The number of rotatable bonds is 1. The van der Waals surface area contributed by atoms with Gasteiger partial charge in [-0.2, -0.15) is 0 Å². The molecule has 0 N–H and O–H groups in total. The molecule has 4 aromatic carbocycles. The second kappa shape index (κ2) is 8.32. The monoisotopic (exact) mass is 430 g/mol. The van der Waals surface area contributed by atoms with Gasteiger partial charge in [0, 0.05) is 28.6 Å². The lowest BCUT2D eigenvalue weighted by Crippen LogP contribution is -2.16. The third kappa shape index (κ3) is 3.45. The molecule has 0 aromatic heterocycles. The summed E-state index contributed by atoms with van der Waals surface area (Å²) in [5, 5.41) is 7.53. The zero-order chi connectivity index (χ0) is 22.2. The lowest BCUT2D eigenvalue weighted by atomic mass is 9.86. The van der Waals surface area contributed by atoms with Gasteiger partial charge in [0.2, 0.25) is 0 Å². The Morgan fingerprint density at radius 1 is 0.818 bits per heavy atom. The maximum absolute atomic E-state index is 5.63. The first-order valence-electron chi connectivity index (χ1n) is 11.7. The molecule has 33 heavy (non-hydrogen) atoms. The van der Waals surface area contributed by atoms with Crippen molar-refractivity contribution in [3.8, 4) is 5.75 Å². The molecule has 3 aliphatic rings. The van der Waals surface area contributed by atoms with Crippen LogP contribution in [0.5, 0.6) is 5.75 Å². The molecular weight excluding hydrogens is 404 g/mol. The summed E-state index contributed by atoms with van der Waals surface area (Å²) in [6.07, 6.45) is 13.8. The highest BCUT2D eigenvalue weighted by molar-refractivity contribution is 6.11. The largest absolute Gasteiger partial charge is 0.496 e. The quantitative estimate of drug-likeness (QED) is 0.354. The Kier molecular flexibility index (Phi) is 5.03. The van der Waals surface area contributed by atoms with Gasteiger partial charge in [0.1, 0.15) is 5.75 Å². The van der Waals surface area contributed by atoms with E-state index in [-0.39, 0.29) is 0 Å². The van der Waals surface area contributed by atoms with Crippen molar-refractivity contribution >= 4 is 39.5 Å². The third-order valence-electron chi connectivity index (χ3n) is 6.94. The Morgan fingerprint density at radius 2 is 1.67 bits per heavy atom. The highest BCUT2D eigenvalue weighted by Crippen LogP contribution is 2.37. The van der Waals surface area contributed by atoms with Crippen LogP contribution >= 0.6 is 0 Å². The summed E-state index contributed by atoms with van der Waals surface area (Å²) in [6, 6.07) is 19.5. The van der Waals surface area contributed by atoms with E-state index in [0.29, 0.717) is 0 Å². The number of hydrogen-bond acceptors (Lipinski definition) is 3. The van der Waals surface area contributed by atoms with Gasteiger partial charge in [-0.3, -0.25) is 9.98 Å². The fourth-order valence-electron chi connectivity index (χ4n) is 5.32. The van der Waals surface area contributed by atoms with Gasteiger partial charge < -0.3 is 4.74 Å². The summed E-state index contributed by atoms with van der Waals surface area (Å²) >= 11 is 0. The maximum Gasteiger partial charge on any atom is 0.127 e. The van der Waals surface area contributed by atoms with E-state index in [9.17, 15) is 0 Å². The van der Waals surface area contributed by atoms with E-state index in [4.69, 9.17) is 4.74 Å². The molecule has 0 amide bonds. The van der Waals surface area contributed by atoms with Crippen LogP contribution in [0.1, 0.15) is 29.5 Å². The van der Waals surface area contributed by atoms with Crippen LogP contribution in [-0.2, 0) is 19.3 Å². The molecule has 3 nitrogen and oxygen atoms in total. The molecule has 0 saturated heterocycles. The molecule has 2 heterocycles. The second-order valence-electron chi connectivity index (χ2n) is 8.79. The van der Waals surface area contributed by atoms with Crippen molar-refractivity contribution in [2.24, 2.45) is 9.98 Å². The molecule has 0 unspecified atom stereocenters. The number of nitrogens with zero attached hydrogens (tertiary/aromatic N) is 2. The predicted octanol–water partition coefficient (Wildman–Crippen LogP) is 5.75. The smallest absolute Gasteiger partial charge is 0.127 e. The summed E-state index contributed by atoms with van der Waals surface area (Å²) in [7, 11) is 1.77. The Labute approximate surface area is 193 Å². The average Bonchev–Trinajstić information content (AvgIpc) is 3.38. The Morgan fingerprint density at radius 3 is 2.58 bits per heavy atom. The van der Waals surface area contributed by atoms with E-state index >= 15 is 0 Å². The predicted molar refractivity (Wildman–Crippen MR) is 137 cm³/mol. The molecule has 0 fully saturated rings. The van der Waals surface area contributed by atoms with Crippen molar-refractivity contribution < 1.29 is 4.74 Å². The van der Waals surface area contributed by atoms with E-state index in [0.717, 1.165) is 23.2 Å². The lowest BCUT2D eigenvalue weighted by Gasteiger charge is -2.19. The van der Waals surface area contributed by atoms with Crippen molar-refractivity contribution in [3.05, 3.63) is 94.1 Å². The van der Waals surface area contributed by atoms with E-state index in [1.54, 1.807) is 7.11 Å². The number of ether oxygens (including phenoxy) is 1. The van der Waals surface area contributed by atoms with Gasteiger partial charge in [0.25, 0.3) is 0 Å². The number of aliphatic imine (C=N–C) groups is 1. The molecule has 0 radical (unpaired) electrons. The number of fused-ring (bicyclic) bond motifs is 8. The number of aryl methyl sites for hydroxylation is 2. The number of methoxy groups -OCH3 is 1. The normalized spacial score (nSPS) is 15.1. The molecule has 162 valence electrons. The van der Waals surface area contributed by atoms with Gasteiger partial charge in [-0.05, 0) is 77.6 Å². The van der Waals surface area contributed by atoms with E-state index in [1.165, 1.54) is 69.1 Å². The first kappa shape index (κ1) is 19.9. The highest BCUT2D eigenvalue weighted by Gasteiger charge is 2.15. The Bertz CT molecular complexity index is 1580. The summed E-state index contributed by atoms with van der Waals surface area (Å²) in [6.45, 7) is 0. The molecule has 2 aliphatic heterocycles. The SMILES string of the molecule is C1=CN=c2ccc3c(c2C1)N=CC=3.COc1cc2c3c(ccc2c2ccccc12)CCCC3. The Balaban J connectivity index is 0.000000137. The van der Waals surface area contributed by atoms with Crippen LogP contribution in [-0.4, -0.2) is 13.3 Å². The minimum atomic E-state index is 0.952. The standard InChI is InChI=1S/C19H18O.C11H8N2/c1-20-19-12-18-14-7-3-2-6-13(14)10-11-16(18)15-8-4-5-9-17(15)19;1-2-9-10(12-6-1)4-3-8-5-7-13-11(8)9/h4-5,8-12H,2-3,6-7H2,1H3;1,3-7H,2H2. The van der Waals surface area contributed by atoms with Gasteiger partial charge in [-0.15, -0.1) is 0 Å². The van der Waals surface area contributed by atoms with E-state index < -0.39 is 0 Å². The van der Waals surface area contributed by atoms with Crippen molar-refractivity contribution in [2.45, 2.75) is 32.1 Å². The van der Waals surface area contributed by atoms with Crippen LogP contribution in [0.25, 0.3) is 27.6 Å². The average molecular weight is 431 g/mol. The highest BCUT2D eigenvalue weighted by atomic mass is 16.5. The van der Waals surface area contributed by atoms with Crippen LogP contribution in [0, 0.1) is 0 Å². The van der Waals surface area contributed by atoms with Crippen molar-refractivity contribution in [2.75, 3.05) is 7.11 Å². The minimum Gasteiger partial charge on any atom is -0.496 e. The van der Waals surface area contributed by atoms with Crippen molar-refractivity contribution in [3.63, 3.8) is 0 Å². The maximum atomic E-state index is 5.63. The molecule has 7 rings (SSSR count). The summed E-state index contributed by atoms with van der Waals surface area (Å²) < 4.78 is 5.63. The van der Waals surface area contributed by atoms with E-state index in [1.807, 2.05) is 18.5 Å². The zero-order valence-corrected chi connectivity index (χ0v) is 18.8. The molecule has 1 aliphatic carbocycles. The molecule has 0 atom stereocenters. The van der Waals surface area contributed by atoms with Gasteiger partial charge >= 0.3 is 0 Å². The lowest BCUT2D eigenvalue weighted by molar-refractivity contribution is 0.420. The van der Waals surface area contributed by atoms with Gasteiger partial charge in [-0.1, -0.05) is 48.5 Å². The van der Waals surface area contributed by atoms with Crippen LogP contribution < -0.4 is 15.3 Å². The van der Waals surface area contributed by atoms with Crippen molar-refractivity contribution in [1.82, 2.24) is 0 Å². The summed E-state index contributed by atoms with van der Waals surface area (Å²) in [5.41, 5.74) is 5.43. The summed E-state index contributed by atoms with van der Waals surface area (Å²) in [5.74, 6) is 0.993. The zero-order valence-electron chi connectivity index (χ0n) is 18.8. The van der Waals surface area contributed by atoms with Crippen LogP contribution in [0.3, 0.4) is 0 Å². The topological polar surface area (TPSA) is 34.0 Å². The molecule has 0 saturated carbocycles. The van der Waals surface area contributed by atoms with Crippen LogP contribution in [0.4, 0.5) is 5.69 Å². The van der Waals surface area contributed by atoms with Crippen molar-refractivity contribution in [1.29, 1.82) is 0 Å². The Hall–Kier alpha value is -3.72. The molecule has 4 aromatic rings. The first-order valence-corrected chi connectivity index (χ1v) is 11.7. The second-order valence-corrected chi connectivity index (χ2v) is 8.79. The van der Waals surface area contributed by atoms with Gasteiger partial charge in [-0.25, -0.2) is 0 Å².